The summed E-state index contributed by atoms with van der Waals surface area (Å²) in [6, 6.07) is -0.832. The van der Waals surface area contributed by atoms with Crippen LogP contribution in [-0.2, 0) is 4.79 Å². The zero-order chi connectivity index (χ0) is 14.9. The van der Waals surface area contributed by atoms with Gasteiger partial charge in [0.15, 0.2) is 0 Å². The van der Waals surface area contributed by atoms with E-state index in [2.05, 4.69) is 4.90 Å². The van der Waals surface area contributed by atoms with Crippen LogP contribution in [0.5, 0.6) is 0 Å². The molecule has 0 radical (unpaired) electrons. The molecule has 1 N–H and O–H groups in total. The molecule has 2 saturated heterocycles. The fourth-order valence-electron chi connectivity index (χ4n) is 3.25. The number of rotatable bonds is 1. The van der Waals surface area contributed by atoms with E-state index in [-0.39, 0.29) is 11.4 Å². The van der Waals surface area contributed by atoms with E-state index >= 15 is 0 Å². The topological polar surface area (TPSA) is 64.1 Å². The Bertz CT molecular complexity index is 389. The van der Waals surface area contributed by atoms with Gasteiger partial charge in [0.25, 0.3) is 0 Å². The van der Waals surface area contributed by atoms with Crippen LogP contribution in [0.3, 0.4) is 0 Å². The Morgan fingerprint density at radius 1 is 1.10 bits per heavy atom. The summed E-state index contributed by atoms with van der Waals surface area (Å²) in [5.41, 5.74) is -0.369. The predicted octanol–water partition coefficient (Wildman–Crippen LogP) is 0.929. The minimum Gasteiger partial charge on any atom is -0.480 e. The number of carboxylic acids is 1. The molecule has 6 heteroatoms. The van der Waals surface area contributed by atoms with Gasteiger partial charge in [-0.25, -0.2) is 9.59 Å². The Morgan fingerprint density at radius 3 is 2.25 bits per heavy atom. The quantitative estimate of drug-likeness (QED) is 0.777. The number of likely N-dealkylation sites (tertiary alicyclic amines) is 1. The molecule has 1 unspecified atom stereocenters. The van der Waals surface area contributed by atoms with Gasteiger partial charge in [-0.1, -0.05) is 13.8 Å². The van der Waals surface area contributed by atoms with Crippen molar-refractivity contribution in [1.82, 2.24) is 14.7 Å². The van der Waals surface area contributed by atoms with E-state index in [0.29, 0.717) is 19.6 Å². The highest BCUT2D eigenvalue weighted by Crippen LogP contribution is 2.35. The van der Waals surface area contributed by atoms with Crippen LogP contribution in [0.25, 0.3) is 0 Å². The minimum atomic E-state index is -0.892. The summed E-state index contributed by atoms with van der Waals surface area (Å²) in [5, 5.41) is 9.51. The summed E-state index contributed by atoms with van der Waals surface area (Å²) < 4.78 is 0. The minimum absolute atomic E-state index is 0.113. The number of hydrogen-bond donors (Lipinski definition) is 1. The zero-order valence-corrected chi connectivity index (χ0v) is 12.6. The number of hydrogen-bond acceptors (Lipinski definition) is 3. The molecule has 2 aliphatic heterocycles. The summed E-state index contributed by atoms with van der Waals surface area (Å²) in [7, 11) is 2.03. The first-order valence-electron chi connectivity index (χ1n) is 7.30. The Balaban J connectivity index is 2.12. The first-order chi connectivity index (χ1) is 9.33. The number of aliphatic carboxylic acids is 1. The maximum Gasteiger partial charge on any atom is 0.327 e. The second-order valence-electron chi connectivity index (χ2n) is 6.60. The van der Waals surface area contributed by atoms with Gasteiger partial charge >= 0.3 is 12.0 Å². The Kier molecular flexibility index (Phi) is 4.22. The van der Waals surface area contributed by atoms with Crippen LogP contribution in [0.2, 0.25) is 0 Å². The van der Waals surface area contributed by atoms with Crippen molar-refractivity contribution in [1.29, 1.82) is 0 Å². The second kappa shape index (κ2) is 5.60. The molecule has 0 saturated carbocycles. The standard InChI is InChI=1S/C14H25N3O3/c1-14(2)5-4-6-17(11(14)12(18)19)13(20)16-9-7-15(3)8-10-16/h11H,4-10H2,1-3H3,(H,18,19). The third-order valence-electron chi connectivity index (χ3n) is 4.53. The van der Waals surface area contributed by atoms with Gasteiger partial charge in [0, 0.05) is 32.7 Å². The van der Waals surface area contributed by atoms with Crippen molar-refractivity contribution in [3.05, 3.63) is 0 Å². The average Bonchev–Trinajstić information content (AvgIpc) is 2.36. The summed E-state index contributed by atoms with van der Waals surface area (Å²) in [5.74, 6) is -0.892. The summed E-state index contributed by atoms with van der Waals surface area (Å²) in [4.78, 5) is 29.8. The van der Waals surface area contributed by atoms with Crippen LogP contribution in [-0.4, -0.2) is 77.6 Å². The lowest BCUT2D eigenvalue weighted by Crippen LogP contribution is -2.61. The maximum atomic E-state index is 12.6. The number of nitrogens with zero attached hydrogens (tertiary/aromatic N) is 3. The number of urea groups is 1. The Morgan fingerprint density at radius 2 is 1.70 bits per heavy atom. The number of amides is 2. The highest BCUT2D eigenvalue weighted by molar-refractivity contribution is 5.83. The van der Waals surface area contributed by atoms with E-state index in [9.17, 15) is 14.7 Å². The molecule has 0 bridgehead atoms. The van der Waals surface area contributed by atoms with Crippen LogP contribution >= 0.6 is 0 Å². The van der Waals surface area contributed by atoms with Gasteiger partial charge in [-0.3, -0.25) is 0 Å². The lowest BCUT2D eigenvalue weighted by Gasteiger charge is -2.46. The van der Waals surface area contributed by atoms with Gasteiger partial charge in [0.05, 0.1) is 0 Å². The lowest BCUT2D eigenvalue weighted by molar-refractivity contribution is -0.148. The molecule has 0 aromatic rings. The monoisotopic (exact) mass is 283 g/mol. The van der Waals surface area contributed by atoms with E-state index in [1.165, 1.54) is 0 Å². The number of likely N-dealkylation sites (N-methyl/N-ethyl adjacent to an activating group) is 1. The van der Waals surface area contributed by atoms with Gasteiger partial charge in [-0.15, -0.1) is 0 Å². The molecule has 2 rings (SSSR count). The second-order valence-corrected chi connectivity index (χ2v) is 6.60. The number of carboxylic acid groups (broad SMARTS) is 1. The lowest BCUT2D eigenvalue weighted by atomic mass is 9.76. The molecule has 1 atom stereocenters. The van der Waals surface area contributed by atoms with Crippen molar-refractivity contribution in [2.75, 3.05) is 39.8 Å². The number of piperazine rings is 1. The fraction of sp³-hybridized carbons (Fsp3) is 0.857. The van der Waals surface area contributed by atoms with Crippen molar-refractivity contribution < 1.29 is 14.7 Å². The molecule has 0 aromatic carbocycles. The van der Waals surface area contributed by atoms with E-state index in [4.69, 9.17) is 0 Å². The maximum absolute atomic E-state index is 12.6. The van der Waals surface area contributed by atoms with Crippen LogP contribution in [0.1, 0.15) is 26.7 Å². The molecule has 2 fully saturated rings. The van der Waals surface area contributed by atoms with Crippen molar-refractivity contribution in [3.8, 4) is 0 Å². The molecule has 2 aliphatic rings. The van der Waals surface area contributed by atoms with Crippen molar-refractivity contribution >= 4 is 12.0 Å². The molecular formula is C14H25N3O3. The molecule has 6 nitrogen and oxygen atoms in total. The molecule has 20 heavy (non-hydrogen) atoms. The fourth-order valence-corrected chi connectivity index (χ4v) is 3.25. The summed E-state index contributed by atoms with van der Waals surface area (Å²) in [6.07, 6.45) is 1.72. The zero-order valence-electron chi connectivity index (χ0n) is 12.6. The van der Waals surface area contributed by atoms with Gasteiger partial charge in [0.2, 0.25) is 0 Å². The molecule has 2 heterocycles. The van der Waals surface area contributed by atoms with Crippen molar-refractivity contribution in [2.45, 2.75) is 32.7 Å². The molecule has 114 valence electrons. The van der Waals surface area contributed by atoms with E-state index in [1.807, 2.05) is 20.9 Å². The predicted molar refractivity (Wildman–Crippen MR) is 75.6 cm³/mol. The van der Waals surface area contributed by atoms with Crippen LogP contribution in [0.4, 0.5) is 4.79 Å². The van der Waals surface area contributed by atoms with Crippen LogP contribution in [0.15, 0.2) is 0 Å². The Labute approximate surface area is 120 Å². The smallest absolute Gasteiger partial charge is 0.327 e. The van der Waals surface area contributed by atoms with Gasteiger partial charge < -0.3 is 19.8 Å². The normalized spacial score (nSPS) is 27.4. The number of carbonyl (C=O) groups is 2. The Hall–Kier alpha value is -1.30. The van der Waals surface area contributed by atoms with Crippen LogP contribution < -0.4 is 0 Å². The van der Waals surface area contributed by atoms with Gasteiger partial charge in [-0.05, 0) is 25.3 Å². The van der Waals surface area contributed by atoms with E-state index in [1.54, 1.807) is 9.80 Å². The van der Waals surface area contributed by atoms with Crippen molar-refractivity contribution in [3.63, 3.8) is 0 Å². The molecule has 0 aliphatic carbocycles. The molecule has 0 aromatic heterocycles. The van der Waals surface area contributed by atoms with Gasteiger partial charge in [-0.2, -0.15) is 0 Å². The highest BCUT2D eigenvalue weighted by Gasteiger charge is 2.45. The third kappa shape index (κ3) is 2.90. The molecule has 0 spiro atoms. The van der Waals surface area contributed by atoms with E-state index in [0.717, 1.165) is 25.9 Å². The third-order valence-corrected chi connectivity index (χ3v) is 4.53. The van der Waals surface area contributed by atoms with Gasteiger partial charge in [0.1, 0.15) is 6.04 Å². The van der Waals surface area contributed by atoms with Crippen LogP contribution in [0, 0.1) is 5.41 Å². The largest absolute Gasteiger partial charge is 0.480 e. The molecular weight excluding hydrogens is 258 g/mol. The van der Waals surface area contributed by atoms with Crippen molar-refractivity contribution in [2.24, 2.45) is 5.41 Å². The first kappa shape index (κ1) is 15.1. The number of carbonyl (C=O) groups excluding carboxylic acids is 1. The SMILES string of the molecule is CN1CCN(C(=O)N2CCCC(C)(C)C2C(=O)O)CC1. The average molecular weight is 283 g/mol. The summed E-state index contributed by atoms with van der Waals surface area (Å²) >= 11 is 0. The van der Waals surface area contributed by atoms with E-state index < -0.39 is 12.0 Å². The summed E-state index contributed by atoms with van der Waals surface area (Å²) in [6.45, 7) is 7.48. The number of piperidine rings is 1. The highest BCUT2D eigenvalue weighted by atomic mass is 16.4. The first-order valence-corrected chi connectivity index (χ1v) is 7.30. The molecule has 2 amide bonds.